The van der Waals surface area contributed by atoms with Crippen molar-refractivity contribution in [2.24, 2.45) is 10.7 Å². The van der Waals surface area contributed by atoms with E-state index in [-0.39, 0.29) is 6.04 Å². The van der Waals surface area contributed by atoms with Crippen molar-refractivity contribution in [2.75, 3.05) is 13.1 Å². The summed E-state index contributed by atoms with van der Waals surface area (Å²) in [5.74, 6) is 0.472. The minimum atomic E-state index is -0.00112. The Bertz CT molecular complexity index is 577. The van der Waals surface area contributed by atoms with Crippen molar-refractivity contribution in [1.29, 1.82) is 0 Å². The van der Waals surface area contributed by atoms with Crippen LogP contribution in [0, 0.1) is 0 Å². The van der Waals surface area contributed by atoms with Gasteiger partial charge in [0.05, 0.1) is 12.6 Å². The molecule has 0 spiro atoms. The second-order valence-electron chi connectivity index (χ2n) is 5.06. The molecule has 2 rings (SSSR count). The fraction of sp³-hybridized carbons (Fsp3) is 0.375. The van der Waals surface area contributed by atoms with Gasteiger partial charge < -0.3 is 11.1 Å². The Morgan fingerprint density at radius 3 is 2.82 bits per heavy atom. The lowest BCUT2D eigenvalue weighted by Crippen LogP contribution is -2.33. The predicted octanol–water partition coefficient (Wildman–Crippen LogP) is 2.83. The molecule has 22 heavy (non-hydrogen) atoms. The van der Waals surface area contributed by atoms with Crippen molar-refractivity contribution in [1.82, 2.24) is 15.1 Å². The van der Waals surface area contributed by atoms with Gasteiger partial charge in [0.1, 0.15) is 0 Å². The van der Waals surface area contributed by atoms with E-state index in [1.807, 2.05) is 41.2 Å². The first kappa shape index (κ1) is 16.4. The number of hydrogen-bond acceptors (Lipinski definition) is 2. The number of hydrogen-bond donors (Lipinski definition) is 2. The van der Waals surface area contributed by atoms with Crippen LogP contribution in [-0.4, -0.2) is 28.8 Å². The quantitative estimate of drug-likeness (QED) is 0.468. The number of nitrogens with zero attached hydrogens (tertiary/aromatic N) is 3. The first-order valence-electron chi connectivity index (χ1n) is 7.49. The summed E-state index contributed by atoms with van der Waals surface area (Å²) in [7, 11) is 0. The normalized spacial score (nSPS) is 13.1. The number of rotatable bonds is 7. The summed E-state index contributed by atoms with van der Waals surface area (Å²) in [6, 6.07) is 9.63. The first-order chi connectivity index (χ1) is 10.7. The maximum atomic E-state index is 5.96. The molecule has 0 bridgehead atoms. The molecule has 0 fully saturated rings. The average Bonchev–Trinajstić information content (AvgIpc) is 3.04. The Balaban J connectivity index is 2.09. The molecule has 0 aliphatic carbocycles. The van der Waals surface area contributed by atoms with E-state index in [1.54, 1.807) is 6.20 Å². The van der Waals surface area contributed by atoms with Crippen molar-refractivity contribution in [3.63, 3.8) is 0 Å². The number of nitrogens with one attached hydrogen (secondary N) is 1. The van der Waals surface area contributed by atoms with Gasteiger partial charge in [-0.15, -0.1) is 0 Å². The number of aromatic nitrogens is 2. The van der Waals surface area contributed by atoms with Gasteiger partial charge in [0.15, 0.2) is 5.96 Å². The molecular formula is C16H22ClN5. The van der Waals surface area contributed by atoms with Crippen LogP contribution in [-0.2, 0) is 0 Å². The zero-order valence-corrected chi connectivity index (χ0v) is 13.5. The maximum absolute atomic E-state index is 5.96. The molecule has 0 saturated carbocycles. The van der Waals surface area contributed by atoms with Crippen LogP contribution < -0.4 is 11.1 Å². The molecule has 5 nitrogen and oxygen atoms in total. The topological polar surface area (TPSA) is 68.2 Å². The minimum absolute atomic E-state index is 0.00112. The molecule has 0 radical (unpaired) electrons. The highest BCUT2D eigenvalue weighted by Gasteiger charge is 2.13. The highest BCUT2D eigenvalue weighted by Crippen LogP contribution is 2.20. The molecule has 6 heteroatoms. The van der Waals surface area contributed by atoms with Crippen LogP contribution >= 0.6 is 11.6 Å². The monoisotopic (exact) mass is 319 g/mol. The number of unbranched alkanes of at least 4 members (excludes halogenated alkanes) is 1. The van der Waals surface area contributed by atoms with E-state index < -0.39 is 0 Å². The van der Waals surface area contributed by atoms with Crippen LogP contribution in [0.25, 0.3) is 0 Å². The summed E-state index contributed by atoms with van der Waals surface area (Å²) in [4.78, 5) is 4.44. The van der Waals surface area contributed by atoms with E-state index in [0.29, 0.717) is 17.5 Å². The van der Waals surface area contributed by atoms with Gasteiger partial charge in [-0.05, 0) is 30.2 Å². The molecule has 0 saturated heterocycles. The number of benzene rings is 1. The number of halogens is 1. The Hall–Kier alpha value is -2.01. The summed E-state index contributed by atoms with van der Waals surface area (Å²) >= 11 is 5.96. The van der Waals surface area contributed by atoms with Crippen LogP contribution in [0.15, 0.2) is 47.7 Å². The summed E-state index contributed by atoms with van der Waals surface area (Å²) < 4.78 is 1.88. The van der Waals surface area contributed by atoms with Crippen molar-refractivity contribution < 1.29 is 0 Å². The Morgan fingerprint density at radius 1 is 1.41 bits per heavy atom. The van der Waals surface area contributed by atoms with Gasteiger partial charge in [-0.1, -0.05) is 37.1 Å². The number of aliphatic imine (C=N–C) groups is 1. The lowest BCUT2D eigenvalue weighted by atomic mass is 10.1. The lowest BCUT2D eigenvalue weighted by Gasteiger charge is -2.16. The van der Waals surface area contributed by atoms with E-state index in [0.717, 1.165) is 24.9 Å². The van der Waals surface area contributed by atoms with Crippen molar-refractivity contribution >= 4 is 17.6 Å². The van der Waals surface area contributed by atoms with Gasteiger partial charge in [-0.25, -0.2) is 0 Å². The molecule has 3 N–H and O–H groups in total. The summed E-state index contributed by atoms with van der Waals surface area (Å²) in [6.07, 6.45) is 5.89. The molecule has 1 aromatic heterocycles. The molecule has 0 amide bonds. The lowest BCUT2D eigenvalue weighted by molar-refractivity contribution is 0.531. The Labute approximate surface area is 136 Å². The summed E-state index contributed by atoms with van der Waals surface area (Å²) in [6.45, 7) is 3.51. The SMILES string of the molecule is CCCCNC(N)=NCC(c1ccc(Cl)cc1)n1cccn1. The Kier molecular flexibility index (Phi) is 6.27. The van der Waals surface area contributed by atoms with E-state index in [1.165, 1.54) is 0 Å². The van der Waals surface area contributed by atoms with E-state index in [4.69, 9.17) is 17.3 Å². The third kappa shape index (κ3) is 4.77. The molecule has 0 aliphatic heterocycles. The van der Waals surface area contributed by atoms with Crippen LogP contribution in [0.5, 0.6) is 0 Å². The van der Waals surface area contributed by atoms with Gasteiger partial charge in [0.2, 0.25) is 0 Å². The molecule has 1 aromatic carbocycles. The highest BCUT2D eigenvalue weighted by atomic mass is 35.5. The van der Waals surface area contributed by atoms with Gasteiger partial charge in [0.25, 0.3) is 0 Å². The van der Waals surface area contributed by atoms with Gasteiger partial charge in [-0.2, -0.15) is 5.10 Å². The van der Waals surface area contributed by atoms with Crippen molar-refractivity contribution in [2.45, 2.75) is 25.8 Å². The smallest absolute Gasteiger partial charge is 0.188 e. The fourth-order valence-corrected chi connectivity index (χ4v) is 2.25. The van der Waals surface area contributed by atoms with E-state index in [2.05, 4.69) is 22.3 Å². The highest BCUT2D eigenvalue weighted by molar-refractivity contribution is 6.30. The van der Waals surface area contributed by atoms with Crippen molar-refractivity contribution in [3.05, 3.63) is 53.3 Å². The summed E-state index contributed by atoms with van der Waals surface area (Å²) in [5, 5.41) is 8.16. The zero-order chi connectivity index (χ0) is 15.8. The standard InChI is InChI=1S/C16H22ClN5/c1-2-3-9-19-16(18)20-12-15(22-11-4-10-21-22)13-5-7-14(17)8-6-13/h4-8,10-11,15H,2-3,9,12H2,1H3,(H3,18,19,20). The van der Waals surface area contributed by atoms with Crippen LogP contribution in [0.3, 0.4) is 0 Å². The second kappa shape index (κ2) is 8.44. The number of nitrogens with two attached hydrogens (primary N) is 1. The molecule has 0 aliphatic rings. The third-order valence-corrected chi connectivity index (χ3v) is 3.62. The third-order valence-electron chi connectivity index (χ3n) is 3.37. The zero-order valence-electron chi connectivity index (χ0n) is 12.7. The second-order valence-corrected chi connectivity index (χ2v) is 5.50. The fourth-order valence-electron chi connectivity index (χ4n) is 2.13. The average molecular weight is 320 g/mol. The van der Waals surface area contributed by atoms with Crippen molar-refractivity contribution in [3.8, 4) is 0 Å². The van der Waals surface area contributed by atoms with E-state index >= 15 is 0 Å². The predicted molar refractivity (Wildman–Crippen MR) is 91.2 cm³/mol. The summed E-state index contributed by atoms with van der Waals surface area (Å²) in [5.41, 5.74) is 7.00. The minimum Gasteiger partial charge on any atom is -0.370 e. The van der Waals surface area contributed by atoms with Gasteiger partial charge in [0, 0.05) is 24.0 Å². The molecular weight excluding hydrogens is 298 g/mol. The molecule has 1 heterocycles. The van der Waals surface area contributed by atoms with E-state index in [9.17, 15) is 0 Å². The molecule has 1 unspecified atom stereocenters. The molecule has 118 valence electrons. The van der Waals surface area contributed by atoms with Gasteiger partial charge in [-0.3, -0.25) is 9.67 Å². The van der Waals surface area contributed by atoms with Crippen LogP contribution in [0.1, 0.15) is 31.4 Å². The van der Waals surface area contributed by atoms with Crippen LogP contribution in [0.4, 0.5) is 0 Å². The molecule has 2 aromatic rings. The first-order valence-corrected chi connectivity index (χ1v) is 7.87. The maximum Gasteiger partial charge on any atom is 0.188 e. The number of guanidine groups is 1. The largest absolute Gasteiger partial charge is 0.370 e. The molecule has 1 atom stereocenters. The Morgan fingerprint density at radius 2 is 2.18 bits per heavy atom. The van der Waals surface area contributed by atoms with Gasteiger partial charge >= 0.3 is 0 Å². The van der Waals surface area contributed by atoms with Crippen LogP contribution in [0.2, 0.25) is 5.02 Å².